The van der Waals surface area contributed by atoms with E-state index in [4.69, 9.17) is 0 Å². The minimum Gasteiger partial charge on any atom is -0.358 e. The number of aryl methyl sites for hydroxylation is 1. The van der Waals surface area contributed by atoms with Gasteiger partial charge in [-0.15, -0.1) is 0 Å². The smallest absolute Gasteiger partial charge is 0.237 e. The predicted molar refractivity (Wildman–Crippen MR) is 111 cm³/mol. The van der Waals surface area contributed by atoms with Crippen molar-refractivity contribution in [3.8, 4) is 0 Å². The van der Waals surface area contributed by atoms with E-state index in [1.54, 1.807) is 0 Å². The van der Waals surface area contributed by atoms with E-state index in [9.17, 15) is 9.59 Å². The van der Waals surface area contributed by atoms with Crippen molar-refractivity contribution in [3.63, 3.8) is 0 Å². The van der Waals surface area contributed by atoms with Gasteiger partial charge in [0.15, 0.2) is 5.78 Å². The summed E-state index contributed by atoms with van der Waals surface area (Å²) in [5.41, 5.74) is 2.75. The summed E-state index contributed by atoms with van der Waals surface area (Å²) in [6.45, 7) is 9.18. The Balaban J connectivity index is 1.39. The summed E-state index contributed by atoms with van der Waals surface area (Å²) >= 11 is 0. The summed E-state index contributed by atoms with van der Waals surface area (Å²) in [5, 5.41) is 4.09. The Morgan fingerprint density at radius 2 is 1.64 bits per heavy atom. The second-order valence-electron chi connectivity index (χ2n) is 8.24. The number of aromatic amines is 1. The lowest BCUT2D eigenvalue weighted by atomic mass is 10.00. The number of ketones is 1. The van der Waals surface area contributed by atoms with Crippen LogP contribution >= 0.6 is 0 Å². The van der Waals surface area contributed by atoms with Gasteiger partial charge < -0.3 is 10.3 Å². The van der Waals surface area contributed by atoms with Gasteiger partial charge in [0.25, 0.3) is 0 Å². The molecule has 6 nitrogen and oxygen atoms in total. The SMILES string of the molecule is Cc1[nH]c2ccccc2c1C(=O)C(C)N1CCN(C(C)C(=O)NC2CC2)CC1. The number of nitrogens with one attached hydrogen (secondary N) is 2. The number of carbonyl (C=O) groups excluding carboxylic acids is 2. The van der Waals surface area contributed by atoms with E-state index in [0.717, 1.165) is 61.2 Å². The van der Waals surface area contributed by atoms with E-state index in [2.05, 4.69) is 20.1 Å². The standard InChI is InChI=1S/C22H30N4O2/c1-14-20(18-6-4-5-7-19(18)23-14)21(27)15(2)25-10-12-26(13-11-25)16(3)22(28)24-17-8-9-17/h4-7,15-17,23H,8-13H2,1-3H3,(H,24,28). The topological polar surface area (TPSA) is 68.4 Å². The van der Waals surface area contributed by atoms with Crippen molar-refractivity contribution in [1.29, 1.82) is 0 Å². The van der Waals surface area contributed by atoms with Crippen LogP contribution in [0.3, 0.4) is 0 Å². The average Bonchev–Trinajstić information content (AvgIpc) is 3.45. The number of benzene rings is 1. The highest BCUT2D eigenvalue weighted by Crippen LogP contribution is 2.25. The molecule has 0 bridgehead atoms. The van der Waals surface area contributed by atoms with Gasteiger partial charge in [-0.2, -0.15) is 0 Å². The molecule has 0 radical (unpaired) electrons. The van der Waals surface area contributed by atoms with Crippen LogP contribution in [0, 0.1) is 6.92 Å². The maximum Gasteiger partial charge on any atom is 0.237 e. The van der Waals surface area contributed by atoms with Crippen LogP contribution in [-0.4, -0.2) is 70.8 Å². The molecule has 1 saturated carbocycles. The first-order valence-electron chi connectivity index (χ1n) is 10.4. The van der Waals surface area contributed by atoms with Crippen molar-refractivity contribution in [2.45, 2.75) is 51.7 Å². The van der Waals surface area contributed by atoms with Crippen LogP contribution in [0.4, 0.5) is 0 Å². The van der Waals surface area contributed by atoms with Crippen LogP contribution in [0.5, 0.6) is 0 Å². The van der Waals surface area contributed by atoms with Gasteiger partial charge >= 0.3 is 0 Å². The van der Waals surface area contributed by atoms with E-state index in [-0.39, 0.29) is 23.8 Å². The monoisotopic (exact) mass is 382 g/mol. The minimum atomic E-state index is -0.171. The molecule has 2 atom stereocenters. The Labute approximate surface area is 166 Å². The van der Waals surface area contributed by atoms with Crippen LogP contribution in [-0.2, 0) is 4.79 Å². The maximum absolute atomic E-state index is 13.3. The lowest BCUT2D eigenvalue weighted by molar-refractivity contribution is -0.126. The van der Waals surface area contributed by atoms with Crippen molar-refractivity contribution < 1.29 is 9.59 Å². The zero-order valence-corrected chi connectivity index (χ0v) is 17.0. The van der Waals surface area contributed by atoms with E-state index >= 15 is 0 Å². The number of nitrogens with zero attached hydrogens (tertiary/aromatic N) is 2. The number of hydrogen-bond donors (Lipinski definition) is 2. The van der Waals surface area contributed by atoms with Crippen molar-refractivity contribution in [2.24, 2.45) is 0 Å². The first kappa shape index (κ1) is 19.2. The summed E-state index contributed by atoms with van der Waals surface area (Å²) < 4.78 is 0. The van der Waals surface area contributed by atoms with Gasteiger partial charge in [-0.3, -0.25) is 19.4 Å². The minimum absolute atomic E-state index is 0.107. The summed E-state index contributed by atoms with van der Waals surface area (Å²) in [6, 6.07) is 8.10. The van der Waals surface area contributed by atoms with Crippen LogP contribution in [0.2, 0.25) is 0 Å². The molecule has 2 unspecified atom stereocenters. The Morgan fingerprint density at radius 3 is 2.29 bits per heavy atom. The largest absolute Gasteiger partial charge is 0.358 e. The Kier molecular flexibility index (Phi) is 5.25. The highest BCUT2D eigenvalue weighted by Gasteiger charge is 2.33. The Bertz CT molecular complexity index is 878. The molecule has 2 fully saturated rings. The molecule has 2 aromatic rings. The average molecular weight is 383 g/mol. The van der Waals surface area contributed by atoms with Gasteiger partial charge in [0.1, 0.15) is 0 Å². The Hall–Kier alpha value is -2.18. The second-order valence-corrected chi connectivity index (χ2v) is 8.24. The number of fused-ring (bicyclic) bond motifs is 1. The zero-order chi connectivity index (χ0) is 19.8. The van der Waals surface area contributed by atoms with Crippen molar-refractivity contribution in [3.05, 3.63) is 35.5 Å². The highest BCUT2D eigenvalue weighted by molar-refractivity contribution is 6.11. The molecule has 2 N–H and O–H groups in total. The first-order chi connectivity index (χ1) is 13.5. The fraction of sp³-hybridized carbons (Fsp3) is 0.545. The lowest BCUT2D eigenvalue weighted by Gasteiger charge is -2.39. The van der Waals surface area contributed by atoms with Gasteiger partial charge in [-0.25, -0.2) is 0 Å². The number of carbonyl (C=O) groups is 2. The number of para-hydroxylation sites is 1. The molecular formula is C22H30N4O2. The molecule has 4 rings (SSSR count). The molecule has 150 valence electrons. The van der Waals surface area contributed by atoms with Crippen LogP contribution < -0.4 is 5.32 Å². The molecule has 1 aliphatic heterocycles. The van der Waals surface area contributed by atoms with E-state index in [1.807, 2.05) is 45.0 Å². The summed E-state index contributed by atoms with van der Waals surface area (Å²) in [7, 11) is 0. The molecule has 1 saturated heterocycles. The van der Waals surface area contributed by atoms with Crippen LogP contribution in [0.15, 0.2) is 24.3 Å². The van der Waals surface area contributed by atoms with Gasteiger partial charge in [0, 0.05) is 54.4 Å². The van der Waals surface area contributed by atoms with Crippen LogP contribution in [0.25, 0.3) is 10.9 Å². The second kappa shape index (κ2) is 7.68. The summed E-state index contributed by atoms with van der Waals surface area (Å²) in [4.78, 5) is 33.4. The first-order valence-corrected chi connectivity index (χ1v) is 10.4. The third-order valence-electron chi connectivity index (χ3n) is 6.27. The van der Waals surface area contributed by atoms with E-state index < -0.39 is 0 Å². The number of Topliss-reactive ketones (excluding diaryl/α,β-unsaturated/α-hetero) is 1. The normalized spacial score (nSPS) is 20.8. The zero-order valence-electron chi connectivity index (χ0n) is 17.0. The molecule has 1 aliphatic carbocycles. The number of aromatic nitrogens is 1. The molecule has 2 aliphatic rings. The van der Waals surface area contributed by atoms with Crippen molar-refractivity contribution >= 4 is 22.6 Å². The fourth-order valence-electron chi connectivity index (χ4n) is 4.20. The number of hydrogen-bond acceptors (Lipinski definition) is 4. The molecule has 1 amide bonds. The van der Waals surface area contributed by atoms with Crippen molar-refractivity contribution in [1.82, 2.24) is 20.1 Å². The summed E-state index contributed by atoms with van der Waals surface area (Å²) in [5.74, 6) is 0.303. The molecule has 6 heteroatoms. The predicted octanol–water partition coefficient (Wildman–Crippen LogP) is 2.33. The maximum atomic E-state index is 13.3. The summed E-state index contributed by atoms with van der Waals surface area (Å²) in [6.07, 6.45) is 2.22. The van der Waals surface area contributed by atoms with E-state index in [0.29, 0.717) is 6.04 Å². The highest BCUT2D eigenvalue weighted by atomic mass is 16.2. The van der Waals surface area contributed by atoms with Crippen molar-refractivity contribution in [2.75, 3.05) is 26.2 Å². The van der Waals surface area contributed by atoms with Gasteiger partial charge in [-0.05, 0) is 39.7 Å². The van der Waals surface area contributed by atoms with Gasteiger partial charge in [-0.1, -0.05) is 18.2 Å². The van der Waals surface area contributed by atoms with Crippen LogP contribution in [0.1, 0.15) is 42.7 Å². The molecule has 1 aromatic heterocycles. The van der Waals surface area contributed by atoms with Gasteiger partial charge in [0.2, 0.25) is 5.91 Å². The Morgan fingerprint density at radius 1 is 1.04 bits per heavy atom. The molecule has 2 heterocycles. The third-order valence-corrected chi connectivity index (χ3v) is 6.27. The quantitative estimate of drug-likeness (QED) is 0.753. The van der Waals surface area contributed by atoms with E-state index in [1.165, 1.54) is 0 Å². The fourth-order valence-corrected chi connectivity index (χ4v) is 4.20. The molecular weight excluding hydrogens is 352 g/mol. The number of amides is 1. The number of H-pyrrole nitrogens is 1. The number of rotatable bonds is 6. The lowest BCUT2D eigenvalue weighted by Crippen LogP contribution is -2.56. The number of piperazine rings is 1. The van der Waals surface area contributed by atoms with Gasteiger partial charge in [0.05, 0.1) is 12.1 Å². The molecule has 1 aromatic carbocycles. The molecule has 0 spiro atoms. The third kappa shape index (κ3) is 3.71. The molecule has 28 heavy (non-hydrogen) atoms.